The minimum atomic E-state index is -0.118. The van der Waals surface area contributed by atoms with Crippen molar-refractivity contribution < 1.29 is 4.74 Å². The highest BCUT2D eigenvalue weighted by Gasteiger charge is 2.15. The van der Waals surface area contributed by atoms with Crippen molar-refractivity contribution in [1.29, 1.82) is 0 Å². The Morgan fingerprint density at radius 2 is 1.90 bits per heavy atom. The molecule has 0 atom stereocenters. The van der Waals surface area contributed by atoms with Crippen LogP contribution >= 0.6 is 0 Å². The molecular weight excluding hydrogens is 254 g/mol. The van der Waals surface area contributed by atoms with Crippen molar-refractivity contribution in [3.63, 3.8) is 0 Å². The van der Waals surface area contributed by atoms with Gasteiger partial charge in [0.15, 0.2) is 0 Å². The highest BCUT2D eigenvalue weighted by Crippen LogP contribution is 2.22. The van der Waals surface area contributed by atoms with Crippen LogP contribution in [0.25, 0.3) is 11.3 Å². The zero-order valence-corrected chi connectivity index (χ0v) is 11.4. The van der Waals surface area contributed by atoms with E-state index in [4.69, 9.17) is 4.74 Å². The fourth-order valence-electron chi connectivity index (χ4n) is 2.43. The Balaban J connectivity index is 1.97. The summed E-state index contributed by atoms with van der Waals surface area (Å²) in [5, 5.41) is 0. The zero-order chi connectivity index (χ0) is 13.9. The number of aromatic amines is 1. The van der Waals surface area contributed by atoms with Gasteiger partial charge in [-0.3, -0.25) is 9.78 Å². The number of nitrogens with one attached hydrogen (secondary N) is 1. The number of anilines is 1. The van der Waals surface area contributed by atoms with Crippen molar-refractivity contribution in [2.24, 2.45) is 0 Å². The number of methoxy groups -OCH3 is 1. The molecule has 104 valence electrons. The number of aromatic nitrogens is 2. The Morgan fingerprint density at radius 3 is 2.55 bits per heavy atom. The summed E-state index contributed by atoms with van der Waals surface area (Å²) >= 11 is 0. The average molecular weight is 271 g/mol. The van der Waals surface area contributed by atoms with Crippen molar-refractivity contribution in [2.75, 3.05) is 25.1 Å². The maximum absolute atomic E-state index is 11.8. The molecule has 1 saturated heterocycles. The van der Waals surface area contributed by atoms with Crippen molar-refractivity contribution in [3.8, 4) is 17.0 Å². The largest absolute Gasteiger partial charge is 0.497 e. The molecule has 0 unspecified atom stereocenters. The molecule has 1 N–H and O–H groups in total. The molecule has 1 aliphatic heterocycles. The van der Waals surface area contributed by atoms with Gasteiger partial charge in [-0.05, 0) is 37.1 Å². The molecule has 2 aromatic rings. The Labute approximate surface area is 117 Å². The third-order valence-electron chi connectivity index (χ3n) is 3.52. The highest BCUT2D eigenvalue weighted by molar-refractivity contribution is 5.61. The van der Waals surface area contributed by atoms with E-state index in [9.17, 15) is 4.79 Å². The van der Waals surface area contributed by atoms with Crippen molar-refractivity contribution >= 4 is 5.95 Å². The van der Waals surface area contributed by atoms with E-state index in [1.807, 2.05) is 24.3 Å². The number of benzene rings is 1. The van der Waals surface area contributed by atoms with Gasteiger partial charge in [-0.25, -0.2) is 4.98 Å². The monoisotopic (exact) mass is 271 g/mol. The average Bonchev–Trinajstić information content (AvgIpc) is 3.01. The fourth-order valence-corrected chi connectivity index (χ4v) is 2.43. The summed E-state index contributed by atoms with van der Waals surface area (Å²) in [7, 11) is 1.63. The second-order valence-corrected chi connectivity index (χ2v) is 4.88. The second-order valence-electron chi connectivity index (χ2n) is 4.88. The quantitative estimate of drug-likeness (QED) is 0.928. The molecule has 1 fully saturated rings. The molecule has 0 aliphatic carbocycles. The molecular formula is C15H17N3O2. The lowest BCUT2D eigenvalue weighted by Gasteiger charge is -2.16. The fraction of sp³-hybridized carbons (Fsp3) is 0.333. The number of rotatable bonds is 3. The summed E-state index contributed by atoms with van der Waals surface area (Å²) in [6.07, 6.45) is 2.30. The smallest absolute Gasteiger partial charge is 0.252 e. The lowest BCUT2D eigenvalue weighted by Crippen LogP contribution is -2.23. The second kappa shape index (κ2) is 5.36. The predicted octanol–water partition coefficient (Wildman–Crippen LogP) is 2.05. The molecule has 2 heterocycles. The van der Waals surface area contributed by atoms with E-state index in [2.05, 4.69) is 14.9 Å². The zero-order valence-electron chi connectivity index (χ0n) is 11.4. The molecule has 20 heavy (non-hydrogen) atoms. The number of hydrogen-bond donors (Lipinski definition) is 1. The van der Waals surface area contributed by atoms with Gasteiger partial charge in [-0.1, -0.05) is 0 Å². The predicted molar refractivity (Wildman–Crippen MR) is 78.3 cm³/mol. The van der Waals surface area contributed by atoms with Crippen LogP contribution in [0, 0.1) is 0 Å². The minimum absolute atomic E-state index is 0.118. The van der Waals surface area contributed by atoms with Gasteiger partial charge in [-0.2, -0.15) is 0 Å². The van der Waals surface area contributed by atoms with E-state index in [-0.39, 0.29) is 5.56 Å². The Morgan fingerprint density at radius 1 is 1.20 bits per heavy atom. The van der Waals surface area contributed by atoms with Gasteiger partial charge in [0.05, 0.1) is 12.8 Å². The van der Waals surface area contributed by atoms with Gasteiger partial charge in [0, 0.05) is 24.7 Å². The van der Waals surface area contributed by atoms with E-state index in [0.717, 1.165) is 37.2 Å². The van der Waals surface area contributed by atoms with Crippen molar-refractivity contribution in [3.05, 3.63) is 40.7 Å². The first-order valence-electron chi connectivity index (χ1n) is 6.77. The number of H-pyrrole nitrogens is 1. The molecule has 1 aromatic carbocycles. The first-order valence-corrected chi connectivity index (χ1v) is 6.77. The summed E-state index contributed by atoms with van der Waals surface area (Å²) in [5.41, 5.74) is 1.49. The van der Waals surface area contributed by atoms with Crippen LogP contribution in [-0.2, 0) is 0 Å². The molecule has 1 aromatic heterocycles. The number of ether oxygens (including phenoxy) is 1. The number of nitrogens with zero attached hydrogens (tertiary/aromatic N) is 2. The third-order valence-corrected chi connectivity index (χ3v) is 3.52. The minimum Gasteiger partial charge on any atom is -0.497 e. The summed E-state index contributed by atoms with van der Waals surface area (Å²) in [6.45, 7) is 1.91. The van der Waals surface area contributed by atoms with Crippen LogP contribution in [0.15, 0.2) is 35.1 Å². The van der Waals surface area contributed by atoms with Crippen LogP contribution in [0.5, 0.6) is 5.75 Å². The van der Waals surface area contributed by atoms with Gasteiger partial charge < -0.3 is 9.64 Å². The van der Waals surface area contributed by atoms with Crippen LogP contribution in [0.2, 0.25) is 0 Å². The molecule has 3 rings (SSSR count). The maximum Gasteiger partial charge on any atom is 0.252 e. The third kappa shape index (κ3) is 2.52. The normalized spacial score (nSPS) is 14.6. The van der Waals surface area contributed by atoms with E-state index >= 15 is 0 Å². The summed E-state index contributed by atoms with van der Waals surface area (Å²) < 4.78 is 5.14. The van der Waals surface area contributed by atoms with Crippen LogP contribution in [0.1, 0.15) is 12.8 Å². The Bertz CT molecular complexity index is 643. The Hall–Kier alpha value is -2.30. The SMILES string of the molecule is COc1ccc(-c2cc(=O)[nH]c(N3CCCC3)n2)cc1. The lowest BCUT2D eigenvalue weighted by molar-refractivity contribution is 0.415. The highest BCUT2D eigenvalue weighted by atomic mass is 16.5. The topological polar surface area (TPSA) is 58.2 Å². The molecule has 0 amide bonds. The van der Waals surface area contributed by atoms with Gasteiger partial charge in [0.25, 0.3) is 5.56 Å². The van der Waals surface area contributed by atoms with Crippen LogP contribution in [0.3, 0.4) is 0 Å². The van der Waals surface area contributed by atoms with Crippen LogP contribution in [-0.4, -0.2) is 30.2 Å². The van der Waals surface area contributed by atoms with E-state index in [1.165, 1.54) is 6.07 Å². The number of hydrogen-bond acceptors (Lipinski definition) is 4. The first-order chi connectivity index (χ1) is 9.76. The van der Waals surface area contributed by atoms with Gasteiger partial charge in [0.2, 0.25) is 5.95 Å². The van der Waals surface area contributed by atoms with E-state index in [0.29, 0.717) is 11.6 Å². The molecule has 5 heteroatoms. The lowest BCUT2D eigenvalue weighted by atomic mass is 10.1. The molecule has 0 radical (unpaired) electrons. The van der Waals surface area contributed by atoms with Crippen LogP contribution < -0.4 is 15.2 Å². The first kappa shape index (κ1) is 12.7. The van der Waals surface area contributed by atoms with E-state index < -0.39 is 0 Å². The van der Waals surface area contributed by atoms with Gasteiger partial charge in [-0.15, -0.1) is 0 Å². The van der Waals surface area contributed by atoms with Gasteiger partial charge >= 0.3 is 0 Å². The summed E-state index contributed by atoms with van der Waals surface area (Å²) in [4.78, 5) is 21.3. The van der Waals surface area contributed by atoms with E-state index in [1.54, 1.807) is 7.11 Å². The molecule has 0 bridgehead atoms. The van der Waals surface area contributed by atoms with Gasteiger partial charge in [0.1, 0.15) is 5.75 Å². The molecule has 5 nitrogen and oxygen atoms in total. The van der Waals surface area contributed by atoms with Crippen LogP contribution in [0.4, 0.5) is 5.95 Å². The molecule has 0 saturated carbocycles. The standard InChI is InChI=1S/C15H17N3O2/c1-20-12-6-4-11(5-7-12)13-10-14(19)17-15(16-13)18-8-2-3-9-18/h4-7,10H,2-3,8-9H2,1H3,(H,16,17,19). The summed E-state index contributed by atoms with van der Waals surface area (Å²) in [6, 6.07) is 9.09. The Kier molecular flexibility index (Phi) is 3.41. The summed E-state index contributed by atoms with van der Waals surface area (Å²) in [5.74, 6) is 1.46. The maximum atomic E-state index is 11.8. The molecule has 0 spiro atoms. The van der Waals surface area contributed by atoms with Crippen molar-refractivity contribution in [1.82, 2.24) is 9.97 Å². The van der Waals surface area contributed by atoms with Crippen molar-refractivity contribution in [2.45, 2.75) is 12.8 Å². The molecule has 1 aliphatic rings.